The zero-order valence-corrected chi connectivity index (χ0v) is 12.0. The Bertz CT molecular complexity index is 438. The summed E-state index contributed by atoms with van der Waals surface area (Å²) in [6.07, 6.45) is 8.41. The Morgan fingerprint density at radius 1 is 1.32 bits per heavy atom. The molecule has 1 aromatic heterocycles. The topological polar surface area (TPSA) is 41.1 Å². The molecule has 0 saturated heterocycles. The van der Waals surface area contributed by atoms with E-state index in [0.29, 0.717) is 6.04 Å². The quantitative estimate of drug-likeness (QED) is 0.817. The molecule has 0 atom stereocenters. The first-order valence-corrected chi connectivity index (χ1v) is 7.60. The van der Waals surface area contributed by atoms with Crippen molar-refractivity contribution in [1.29, 1.82) is 0 Å². The van der Waals surface area contributed by atoms with Gasteiger partial charge in [0, 0.05) is 42.6 Å². The molecule has 0 radical (unpaired) electrons. The minimum atomic E-state index is 0.690. The van der Waals surface area contributed by atoms with E-state index in [1.807, 2.05) is 6.20 Å². The molecule has 3 rings (SSSR count). The van der Waals surface area contributed by atoms with Crippen molar-refractivity contribution < 1.29 is 0 Å². The van der Waals surface area contributed by atoms with E-state index in [2.05, 4.69) is 29.0 Å². The highest BCUT2D eigenvalue weighted by molar-refractivity contribution is 5.36. The molecule has 2 aliphatic carbocycles. The Morgan fingerprint density at radius 3 is 2.68 bits per heavy atom. The first-order chi connectivity index (χ1) is 9.28. The van der Waals surface area contributed by atoms with Crippen molar-refractivity contribution in [1.82, 2.24) is 15.3 Å². The normalized spacial score (nSPS) is 18.6. The number of aryl methyl sites for hydroxylation is 1. The van der Waals surface area contributed by atoms with Gasteiger partial charge in [0.15, 0.2) is 0 Å². The van der Waals surface area contributed by atoms with Crippen LogP contribution in [0.3, 0.4) is 0 Å². The van der Waals surface area contributed by atoms with Crippen molar-refractivity contribution in [2.24, 2.45) is 0 Å². The Kier molecular flexibility index (Phi) is 3.69. The molecule has 0 amide bonds. The molecule has 0 bridgehead atoms. The highest BCUT2D eigenvalue weighted by Crippen LogP contribution is 2.30. The summed E-state index contributed by atoms with van der Waals surface area (Å²) in [7, 11) is 0. The summed E-state index contributed by atoms with van der Waals surface area (Å²) in [4.78, 5) is 11.7. The first-order valence-electron chi connectivity index (χ1n) is 7.60. The van der Waals surface area contributed by atoms with Crippen LogP contribution in [-0.2, 0) is 6.54 Å². The monoisotopic (exact) mass is 260 g/mol. The van der Waals surface area contributed by atoms with Gasteiger partial charge >= 0.3 is 0 Å². The predicted octanol–water partition coefficient (Wildman–Crippen LogP) is 2.42. The van der Waals surface area contributed by atoms with Gasteiger partial charge < -0.3 is 10.2 Å². The van der Waals surface area contributed by atoms with Gasteiger partial charge in [0.25, 0.3) is 0 Å². The number of hydrogen-bond acceptors (Lipinski definition) is 4. The summed E-state index contributed by atoms with van der Waals surface area (Å²) >= 11 is 0. The molecule has 2 fully saturated rings. The van der Waals surface area contributed by atoms with E-state index >= 15 is 0 Å². The Hall–Kier alpha value is -1.16. The van der Waals surface area contributed by atoms with E-state index in [-0.39, 0.29) is 0 Å². The van der Waals surface area contributed by atoms with E-state index < -0.39 is 0 Å². The number of nitrogens with zero attached hydrogens (tertiary/aromatic N) is 3. The van der Waals surface area contributed by atoms with Crippen LogP contribution >= 0.6 is 0 Å². The van der Waals surface area contributed by atoms with Crippen molar-refractivity contribution in [3.63, 3.8) is 0 Å². The lowest BCUT2D eigenvalue weighted by Gasteiger charge is -2.22. The van der Waals surface area contributed by atoms with Crippen LogP contribution < -0.4 is 10.2 Å². The summed E-state index contributed by atoms with van der Waals surface area (Å²) in [6, 6.07) is 1.43. The molecule has 1 N–H and O–H groups in total. The zero-order valence-electron chi connectivity index (χ0n) is 12.0. The minimum Gasteiger partial charge on any atom is -0.338 e. The second-order valence-electron chi connectivity index (χ2n) is 5.86. The predicted molar refractivity (Wildman–Crippen MR) is 77.3 cm³/mol. The third-order valence-corrected chi connectivity index (χ3v) is 3.94. The van der Waals surface area contributed by atoms with Crippen LogP contribution in [0.25, 0.3) is 0 Å². The van der Waals surface area contributed by atoms with E-state index in [9.17, 15) is 0 Å². The third kappa shape index (κ3) is 3.24. The van der Waals surface area contributed by atoms with Crippen molar-refractivity contribution in [3.05, 3.63) is 17.5 Å². The fraction of sp³-hybridized carbons (Fsp3) is 0.733. The van der Waals surface area contributed by atoms with E-state index in [1.54, 1.807) is 0 Å². The van der Waals surface area contributed by atoms with Crippen LogP contribution in [0, 0.1) is 6.92 Å². The first kappa shape index (κ1) is 12.9. The fourth-order valence-electron chi connectivity index (χ4n) is 2.41. The molecule has 2 aliphatic rings. The molecular weight excluding hydrogens is 236 g/mol. The standard InChI is InChI=1S/C15H24N4/c1-3-8-19(14-6-7-14)15-17-10-12(11(2)18-15)9-16-13-4-5-13/h10,13-14,16H,3-9H2,1-2H3. The van der Waals surface area contributed by atoms with Gasteiger partial charge in [-0.1, -0.05) is 6.92 Å². The largest absolute Gasteiger partial charge is 0.338 e. The third-order valence-electron chi connectivity index (χ3n) is 3.94. The molecule has 1 aromatic rings. The van der Waals surface area contributed by atoms with Crippen LogP contribution in [0.2, 0.25) is 0 Å². The SMILES string of the molecule is CCCN(c1ncc(CNC2CC2)c(C)n1)C1CC1. The molecule has 4 nitrogen and oxygen atoms in total. The fourth-order valence-corrected chi connectivity index (χ4v) is 2.41. The van der Waals surface area contributed by atoms with Crippen LogP contribution in [-0.4, -0.2) is 28.6 Å². The summed E-state index contributed by atoms with van der Waals surface area (Å²) in [5.74, 6) is 0.928. The number of aromatic nitrogens is 2. The smallest absolute Gasteiger partial charge is 0.225 e. The summed E-state index contributed by atoms with van der Waals surface area (Å²) in [5, 5.41) is 3.53. The van der Waals surface area contributed by atoms with Crippen molar-refractivity contribution in [2.45, 2.75) is 64.6 Å². The number of anilines is 1. The lowest BCUT2D eigenvalue weighted by molar-refractivity contribution is 0.675. The number of hydrogen-bond donors (Lipinski definition) is 1. The molecule has 0 aliphatic heterocycles. The van der Waals surface area contributed by atoms with Crippen LogP contribution in [0.15, 0.2) is 6.20 Å². The van der Waals surface area contributed by atoms with Gasteiger partial charge in [-0.2, -0.15) is 0 Å². The van der Waals surface area contributed by atoms with Crippen molar-refractivity contribution in [2.75, 3.05) is 11.4 Å². The average Bonchev–Trinajstić information content (AvgIpc) is 3.28. The summed E-state index contributed by atoms with van der Waals surface area (Å²) in [5.41, 5.74) is 2.36. The molecule has 4 heteroatoms. The molecule has 19 heavy (non-hydrogen) atoms. The van der Waals surface area contributed by atoms with Gasteiger partial charge in [0.05, 0.1) is 0 Å². The van der Waals surface area contributed by atoms with Gasteiger partial charge in [-0.25, -0.2) is 9.97 Å². The van der Waals surface area contributed by atoms with Gasteiger partial charge in [-0.05, 0) is 39.0 Å². The number of nitrogens with one attached hydrogen (secondary N) is 1. The van der Waals surface area contributed by atoms with Crippen LogP contribution in [0.5, 0.6) is 0 Å². The second kappa shape index (κ2) is 5.45. The lowest BCUT2D eigenvalue weighted by Crippen LogP contribution is -2.29. The molecule has 104 valence electrons. The Balaban J connectivity index is 1.69. The average molecular weight is 260 g/mol. The van der Waals surface area contributed by atoms with Crippen LogP contribution in [0.1, 0.15) is 50.3 Å². The molecule has 0 spiro atoms. The second-order valence-corrected chi connectivity index (χ2v) is 5.86. The number of rotatable bonds is 7. The Morgan fingerprint density at radius 2 is 2.11 bits per heavy atom. The van der Waals surface area contributed by atoms with Crippen LogP contribution in [0.4, 0.5) is 5.95 Å². The maximum Gasteiger partial charge on any atom is 0.225 e. The van der Waals surface area contributed by atoms with Gasteiger partial charge in [-0.15, -0.1) is 0 Å². The summed E-state index contributed by atoms with van der Waals surface area (Å²) < 4.78 is 0. The van der Waals surface area contributed by atoms with E-state index in [4.69, 9.17) is 4.98 Å². The molecule has 2 saturated carbocycles. The minimum absolute atomic E-state index is 0.690. The van der Waals surface area contributed by atoms with Crippen molar-refractivity contribution >= 4 is 5.95 Å². The molecule has 0 unspecified atom stereocenters. The highest BCUT2D eigenvalue weighted by atomic mass is 15.3. The highest BCUT2D eigenvalue weighted by Gasteiger charge is 2.30. The maximum atomic E-state index is 4.73. The zero-order chi connectivity index (χ0) is 13.2. The van der Waals surface area contributed by atoms with E-state index in [0.717, 1.165) is 37.2 Å². The molecular formula is C15H24N4. The van der Waals surface area contributed by atoms with Gasteiger partial charge in [0.1, 0.15) is 0 Å². The van der Waals surface area contributed by atoms with Crippen molar-refractivity contribution in [3.8, 4) is 0 Å². The molecule has 1 heterocycles. The maximum absolute atomic E-state index is 4.73. The summed E-state index contributed by atoms with van der Waals surface area (Å²) in [6.45, 7) is 6.31. The van der Waals surface area contributed by atoms with E-state index in [1.165, 1.54) is 31.2 Å². The lowest BCUT2D eigenvalue weighted by atomic mass is 10.2. The van der Waals surface area contributed by atoms with Gasteiger partial charge in [-0.3, -0.25) is 0 Å². The Labute approximate surface area is 115 Å². The molecule has 0 aromatic carbocycles. The van der Waals surface area contributed by atoms with Gasteiger partial charge in [0.2, 0.25) is 5.95 Å².